The molecule has 1 aromatic carbocycles. The average molecular weight is 605 g/mol. The Morgan fingerprint density at radius 3 is 2.42 bits per heavy atom. The number of carboxylic acids is 1. The lowest BCUT2D eigenvalue weighted by Crippen LogP contribution is -2.63. The maximum Gasteiger partial charge on any atom is 0.335 e. The highest BCUT2D eigenvalue weighted by atomic mass is 32.2. The number of nitrogens with one attached hydrogen (secondary N) is 1. The lowest BCUT2D eigenvalue weighted by atomic mass is 9.37. The van der Waals surface area contributed by atoms with Gasteiger partial charge in [-0.15, -0.1) is 0 Å². The molecule has 43 heavy (non-hydrogen) atoms. The average Bonchev–Trinajstić information content (AvgIpc) is 3.42. The molecule has 2 N–H and O–H groups in total. The van der Waals surface area contributed by atoms with Crippen LogP contribution in [0.5, 0.6) is 0 Å². The minimum Gasteiger partial charge on any atom is -0.478 e. The Hall–Kier alpha value is -1.30. The van der Waals surface area contributed by atoms with Crippen LogP contribution in [-0.4, -0.2) is 59.2 Å². The molecule has 5 heteroatoms. The molecule has 1 saturated heterocycles. The predicted octanol–water partition coefficient (Wildman–Crippen LogP) is 8.23. The molecule has 1 aromatic rings. The van der Waals surface area contributed by atoms with Crippen LogP contribution in [0.1, 0.15) is 108 Å². The first-order valence-corrected chi connectivity index (χ1v) is 18.8. The second-order valence-electron chi connectivity index (χ2n) is 16.5. The van der Waals surface area contributed by atoms with Crippen molar-refractivity contribution in [3.05, 3.63) is 41.5 Å². The molecule has 1 heterocycles. The third-order valence-electron chi connectivity index (χ3n) is 14.5. The van der Waals surface area contributed by atoms with E-state index in [0.29, 0.717) is 27.9 Å². The summed E-state index contributed by atoms with van der Waals surface area (Å²) in [5.74, 6) is 5.92. The molecule has 4 nitrogen and oxygen atoms in total. The van der Waals surface area contributed by atoms with E-state index < -0.39 is 5.97 Å². The normalized spacial score (nSPS) is 42.2. The molecule has 8 atom stereocenters. The number of nitrogens with zero attached hydrogens (tertiary/aromatic N) is 1. The second-order valence-corrected chi connectivity index (χ2v) is 17.7. The Bertz CT molecular complexity index is 1240. The first-order valence-electron chi connectivity index (χ1n) is 17.7. The predicted molar refractivity (Wildman–Crippen MR) is 179 cm³/mol. The smallest absolute Gasteiger partial charge is 0.335 e. The Labute approximate surface area is 265 Å². The molecular weight excluding hydrogens is 548 g/mol. The molecular formula is C38H56N2O2S. The van der Waals surface area contributed by atoms with Crippen molar-refractivity contribution in [2.75, 3.05) is 37.7 Å². The zero-order valence-corrected chi connectivity index (χ0v) is 28.1. The number of fused-ring (bicyclic) bond motifs is 7. The number of allylic oxidation sites excluding steroid dienone is 2. The third-order valence-corrected chi connectivity index (χ3v) is 15.5. The summed E-state index contributed by atoms with van der Waals surface area (Å²) in [4.78, 5) is 14.2. The van der Waals surface area contributed by atoms with Gasteiger partial charge < -0.3 is 15.3 Å². The minimum atomic E-state index is -0.844. The fraction of sp³-hybridized carbons (Fsp3) is 0.763. The van der Waals surface area contributed by atoms with Crippen molar-refractivity contribution in [2.24, 2.45) is 45.8 Å². The summed E-state index contributed by atoms with van der Waals surface area (Å²) in [5, 5.41) is 13.7. The Morgan fingerprint density at radius 1 is 0.907 bits per heavy atom. The molecule has 5 aliphatic carbocycles. The van der Waals surface area contributed by atoms with E-state index in [0.717, 1.165) is 23.7 Å². The fourth-order valence-corrected chi connectivity index (χ4v) is 13.7. The van der Waals surface area contributed by atoms with Gasteiger partial charge in [0, 0.05) is 43.2 Å². The molecule has 4 saturated carbocycles. The zero-order valence-electron chi connectivity index (χ0n) is 27.3. The molecule has 0 radical (unpaired) electrons. The van der Waals surface area contributed by atoms with Gasteiger partial charge in [-0.3, -0.25) is 0 Å². The van der Waals surface area contributed by atoms with Crippen molar-refractivity contribution in [3.63, 3.8) is 0 Å². The number of carboxylic acid groups (broad SMARTS) is 1. The number of thioether (sulfide) groups is 1. The number of hydrogen-bond donors (Lipinski definition) is 2. The summed E-state index contributed by atoms with van der Waals surface area (Å²) in [6, 6.07) is 7.67. The molecule has 1 aliphatic heterocycles. The van der Waals surface area contributed by atoms with E-state index >= 15 is 0 Å². The third kappa shape index (κ3) is 4.89. The van der Waals surface area contributed by atoms with Crippen LogP contribution in [0.15, 0.2) is 30.3 Å². The topological polar surface area (TPSA) is 52.6 Å². The molecule has 0 aromatic heterocycles. The van der Waals surface area contributed by atoms with Crippen LogP contribution in [0.25, 0.3) is 5.57 Å². The van der Waals surface area contributed by atoms with Crippen molar-refractivity contribution in [1.82, 2.24) is 10.2 Å². The Morgan fingerprint density at radius 2 is 1.67 bits per heavy atom. The SMILES string of the molecule is CC1(C)C(c2ccc(C(=O)O)cc2)=CCC2(C)C1CCC1(C)C3CCC4(NCCN5CCSCC5)CCC[C@@H]4C3CCC12. The molecule has 0 bridgehead atoms. The van der Waals surface area contributed by atoms with Gasteiger partial charge in [0.2, 0.25) is 0 Å². The highest BCUT2D eigenvalue weighted by molar-refractivity contribution is 7.99. The van der Waals surface area contributed by atoms with E-state index in [9.17, 15) is 9.90 Å². The van der Waals surface area contributed by atoms with Crippen molar-refractivity contribution >= 4 is 23.3 Å². The van der Waals surface area contributed by atoms with Crippen LogP contribution in [0.4, 0.5) is 0 Å². The molecule has 7 unspecified atom stereocenters. The van der Waals surface area contributed by atoms with Crippen LogP contribution >= 0.6 is 11.8 Å². The van der Waals surface area contributed by atoms with E-state index in [4.69, 9.17) is 0 Å². The van der Waals surface area contributed by atoms with Gasteiger partial charge in [-0.25, -0.2) is 4.79 Å². The molecule has 6 aliphatic rings. The van der Waals surface area contributed by atoms with Gasteiger partial charge in [0.1, 0.15) is 0 Å². The lowest BCUT2D eigenvalue weighted by Gasteiger charge is -2.68. The van der Waals surface area contributed by atoms with Crippen molar-refractivity contribution in [3.8, 4) is 0 Å². The Balaban J connectivity index is 1.10. The van der Waals surface area contributed by atoms with Crippen LogP contribution < -0.4 is 5.32 Å². The molecule has 0 spiro atoms. The standard InChI is InChI=1S/C38H56N2O2S/c1-35(2)29(26-7-9-27(10-8-26)34(41)42)13-17-37(4)32(35)15-18-36(3)30-14-19-38(39-20-21-40-22-24-43-25-23-40)16-5-6-31(38)28(30)11-12-33(36)37/h7-10,13,28,30-33,39H,5-6,11-12,14-25H2,1-4H3,(H,41,42)/t28?,30?,31-,32?,33?,36?,37?,38?/m1/s1. The van der Waals surface area contributed by atoms with Gasteiger partial charge in [-0.1, -0.05) is 52.3 Å². The largest absolute Gasteiger partial charge is 0.478 e. The molecule has 7 rings (SSSR count). The van der Waals surface area contributed by atoms with Crippen LogP contribution in [-0.2, 0) is 0 Å². The van der Waals surface area contributed by atoms with E-state index in [-0.39, 0.29) is 5.41 Å². The number of carbonyl (C=O) groups is 1. The van der Waals surface area contributed by atoms with Crippen molar-refractivity contribution < 1.29 is 9.90 Å². The quantitative estimate of drug-likeness (QED) is 0.343. The first kappa shape index (κ1) is 30.4. The van der Waals surface area contributed by atoms with E-state index in [1.165, 1.54) is 113 Å². The molecule has 236 valence electrons. The van der Waals surface area contributed by atoms with E-state index in [2.05, 4.69) is 55.7 Å². The summed E-state index contributed by atoms with van der Waals surface area (Å²) < 4.78 is 0. The maximum absolute atomic E-state index is 11.5. The van der Waals surface area contributed by atoms with Gasteiger partial charge in [0.05, 0.1) is 5.56 Å². The van der Waals surface area contributed by atoms with Crippen LogP contribution in [0.3, 0.4) is 0 Å². The lowest BCUT2D eigenvalue weighted by molar-refractivity contribution is -0.172. The highest BCUT2D eigenvalue weighted by Crippen LogP contribution is 2.72. The number of rotatable bonds is 6. The van der Waals surface area contributed by atoms with E-state index in [1.54, 1.807) is 12.1 Å². The van der Waals surface area contributed by atoms with Gasteiger partial charge in [-0.05, 0) is 127 Å². The number of aromatic carboxylic acids is 1. The summed E-state index contributed by atoms with van der Waals surface area (Å²) in [5.41, 5.74) is 4.32. The molecule has 0 amide bonds. The van der Waals surface area contributed by atoms with Gasteiger partial charge in [-0.2, -0.15) is 11.8 Å². The van der Waals surface area contributed by atoms with Gasteiger partial charge in [0.25, 0.3) is 0 Å². The fourth-order valence-electron chi connectivity index (χ4n) is 12.7. The summed E-state index contributed by atoms with van der Waals surface area (Å²) in [6.45, 7) is 15.4. The van der Waals surface area contributed by atoms with Crippen molar-refractivity contribution in [2.45, 2.75) is 97.4 Å². The van der Waals surface area contributed by atoms with Crippen LogP contribution in [0.2, 0.25) is 0 Å². The molecule has 5 fully saturated rings. The highest BCUT2D eigenvalue weighted by Gasteiger charge is 2.65. The number of hydrogen-bond acceptors (Lipinski definition) is 4. The maximum atomic E-state index is 11.5. The van der Waals surface area contributed by atoms with E-state index in [1.807, 2.05) is 12.1 Å². The monoisotopic (exact) mass is 604 g/mol. The van der Waals surface area contributed by atoms with Crippen molar-refractivity contribution in [1.29, 1.82) is 0 Å². The minimum absolute atomic E-state index is 0.0834. The van der Waals surface area contributed by atoms with Gasteiger partial charge >= 0.3 is 5.97 Å². The zero-order chi connectivity index (χ0) is 30.0. The second kappa shape index (κ2) is 11.2. The van der Waals surface area contributed by atoms with Gasteiger partial charge in [0.15, 0.2) is 0 Å². The first-order chi connectivity index (χ1) is 20.6. The Kier molecular flexibility index (Phi) is 7.90. The summed E-state index contributed by atoms with van der Waals surface area (Å²) in [7, 11) is 0. The summed E-state index contributed by atoms with van der Waals surface area (Å²) in [6.07, 6.45) is 16.4. The summed E-state index contributed by atoms with van der Waals surface area (Å²) >= 11 is 2.12. The number of benzene rings is 1. The van der Waals surface area contributed by atoms with Crippen LogP contribution in [0, 0.1) is 45.8 Å².